The van der Waals surface area contributed by atoms with E-state index in [2.05, 4.69) is 0 Å². The molecule has 6 heteroatoms. The third-order valence-corrected chi connectivity index (χ3v) is 6.62. The Labute approximate surface area is 184 Å². The fourth-order valence-corrected chi connectivity index (χ4v) is 5.14. The third kappa shape index (κ3) is 2.72. The molecular weight excluding hydrogens is 406 g/mol. The summed E-state index contributed by atoms with van der Waals surface area (Å²) in [4.78, 5) is 27.7. The van der Waals surface area contributed by atoms with Crippen LogP contribution in [-0.2, 0) is 11.2 Å². The summed E-state index contributed by atoms with van der Waals surface area (Å²) in [5.41, 5.74) is 1.83. The molecule has 0 aromatic heterocycles. The highest BCUT2D eigenvalue weighted by molar-refractivity contribution is 6.12. The molecule has 6 rings (SSSR count). The van der Waals surface area contributed by atoms with E-state index in [4.69, 9.17) is 9.47 Å². The number of phenolic OH excluding ortho intramolecular Hbond substituents is 1. The minimum absolute atomic E-state index is 0.0642. The number of fused-ring (bicyclic) bond motifs is 5. The van der Waals surface area contributed by atoms with Gasteiger partial charge >= 0.3 is 6.09 Å². The first-order valence-corrected chi connectivity index (χ1v) is 10.8. The van der Waals surface area contributed by atoms with Crippen LogP contribution in [0.15, 0.2) is 66.7 Å². The lowest BCUT2D eigenvalue weighted by Gasteiger charge is -2.23. The zero-order valence-electron chi connectivity index (χ0n) is 17.2. The van der Waals surface area contributed by atoms with Gasteiger partial charge in [0.2, 0.25) is 0 Å². The topological polar surface area (TPSA) is 76.1 Å². The highest BCUT2D eigenvalue weighted by atomic mass is 16.6. The number of rotatable bonds is 3. The first kappa shape index (κ1) is 18.9. The van der Waals surface area contributed by atoms with Gasteiger partial charge in [0.1, 0.15) is 24.2 Å². The van der Waals surface area contributed by atoms with Crippen LogP contribution in [-0.4, -0.2) is 40.8 Å². The molecule has 0 saturated carbocycles. The number of cyclic esters (lactones) is 1. The predicted molar refractivity (Wildman–Crippen MR) is 118 cm³/mol. The normalized spacial score (nSPS) is 23.2. The van der Waals surface area contributed by atoms with E-state index >= 15 is 0 Å². The van der Waals surface area contributed by atoms with Crippen LogP contribution in [0.25, 0.3) is 10.8 Å². The van der Waals surface area contributed by atoms with Crippen molar-refractivity contribution in [2.75, 3.05) is 6.61 Å². The largest absolute Gasteiger partial charge is 0.506 e. The van der Waals surface area contributed by atoms with Crippen LogP contribution >= 0.6 is 0 Å². The molecule has 0 bridgehead atoms. The molecule has 1 aliphatic carbocycles. The minimum atomic E-state index is -0.683. The van der Waals surface area contributed by atoms with E-state index in [1.54, 1.807) is 12.1 Å². The molecule has 1 N–H and O–H groups in total. The van der Waals surface area contributed by atoms with Crippen LogP contribution in [0.3, 0.4) is 0 Å². The molecule has 3 aromatic rings. The Morgan fingerprint density at radius 2 is 1.81 bits per heavy atom. The van der Waals surface area contributed by atoms with Gasteiger partial charge < -0.3 is 14.6 Å². The van der Waals surface area contributed by atoms with Crippen LogP contribution in [0.4, 0.5) is 4.79 Å². The van der Waals surface area contributed by atoms with Crippen LogP contribution in [0, 0.1) is 0 Å². The van der Waals surface area contributed by atoms with Crippen molar-refractivity contribution in [3.8, 4) is 11.5 Å². The van der Waals surface area contributed by atoms with E-state index in [0.717, 1.165) is 15.8 Å². The molecule has 160 valence electrons. The number of imide groups is 1. The minimum Gasteiger partial charge on any atom is -0.506 e. The zero-order chi connectivity index (χ0) is 21.8. The third-order valence-electron chi connectivity index (χ3n) is 6.62. The van der Waals surface area contributed by atoms with Crippen LogP contribution in [0.5, 0.6) is 11.5 Å². The molecule has 2 aliphatic heterocycles. The van der Waals surface area contributed by atoms with Gasteiger partial charge in [-0.3, -0.25) is 4.79 Å². The Balaban J connectivity index is 1.48. The number of aromatic hydroxyl groups is 1. The second-order valence-corrected chi connectivity index (χ2v) is 8.46. The molecule has 2 heterocycles. The number of phenols is 1. The summed E-state index contributed by atoms with van der Waals surface area (Å²) in [5.74, 6) is -0.0957. The number of benzene rings is 3. The van der Waals surface area contributed by atoms with Gasteiger partial charge in [-0.2, -0.15) is 0 Å². The maximum Gasteiger partial charge on any atom is 0.417 e. The van der Waals surface area contributed by atoms with Crippen molar-refractivity contribution in [1.29, 1.82) is 0 Å². The quantitative estimate of drug-likeness (QED) is 0.621. The Hall–Kier alpha value is -3.80. The number of ether oxygens (including phenoxy) is 2. The molecule has 1 fully saturated rings. The summed E-state index contributed by atoms with van der Waals surface area (Å²) in [7, 11) is 0. The van der Waals surface area contributed by atoms with E-state index in [1.807, 2.05) is 54.6 Å². The number of nitrogens with zero attached hydrogens (tertiary/aromatic N) is 1. The summed E-state index contributed by atoms with van der Waals surface area (Å²) < 4.78 is 11.5. The number of hydrogen-bond donors (Lipinski definition) is 1. The summed E-state index contributed by atoms with van der Waals surface area (Å²) >= 11 is 0. The molecule has 3 aromatic carbocycles. The molecular formula is C26H21NO5. The summed E-state index contributed by atoms with van der Waals surface area (Å²) in [6, 6.07) is 16.6. The van der Waals surface area contributed by atoms with E-state index in [0.29, 0.717) is 29.5 Å². The molecule has 0 unspecified atom stereocenters. The van der Waals surface area contributed by atoms with Gasteiger partial charge in [-0.05, 0) is 24.5 Å². The Bertz CT molecular complexity index is 1280. The van der Waals surface area contributed by atoms with Gasteiger partial charge in [-0.15, -0.1) is 0 Å². The molecule has 0 radical (unpaired) electrons. The van der Waals surface area contributed by atoms with E-state index in [9.17, 15) is 14.7 Å². The van der Waals surface area contributed by atoms with Gasteiger partial charge in [0.15, 0.2) is 0 Å². The molecule has 2 amide bonds. The Morgan fingerprint density at radius 3 is 2.62 bits per heavy atom. The van der Waals surface area contributed by atoms with Gasteiger partial charge in [0, 0.05) is 22.3 Å². The van der Waals surface area contributed by atoms with Crippen LogP contribution in [0.2, 0.25) is 0 Å². The fraction of sp³-hybridized carbons (Fsp3) is 0.231. The molecule has 0 spiro atoms. The predicted octanol–water partition coefficient (Wildman–Crippen LogP) is 4.55. The van der Waals surface area contributed by atoms with Crippen molar-refractivity contribution in [2.45, 2.75) is 30.9 Å². The average Bonchev–Trinajstić information content (AvgIpc) is 3.50. The Morgan fingerprint density at radius 1 is 1.06 bits per heavy atom. The SMILES string of the molecule is O=C1OC[C@@H](Cc2ccccc2)N1C(=O)c1c2c(c3ccccc3c1O)O[C@@H]1C=CC[C@H]21. The molecule has 3 atom stereocenters. The lowest BCUT2D eigenvalue weighted by molar-refractivity contribution is 0.0770. The monoisotopic (exact) mass is 427 g/mol. The zero-order valence-corrected chi connectivity index (χ0v) is 17.2. The maximum absolute atomic E-state index is 13.9. The van der Waals surface area contributed by atoms with Crippen molar-refractivity contribution in [3.63, 3.8) is 0 Å². The van der Waals surface area contributed by atoms with Crippen LogP contribution < -0.4 is 4.74 Å². The summed E-state index contributed by atoms with van der Waals surface area (Å²) in [5, 5.41) is 12.6. The van der Waals surface area contributed by atoms with Crippen molar-refractivity contribution < 1.29 is 24.2 Å². The lowest BCUT2D eigenvalue weighted by Crippen LogP contribution is -2.40. The standard InChI is InChI=1S/C26H21NO5/c28-23-17-9-4-5-10-18(17)24-21(19-11-6-12-20(19)32-24)22(23)25(29)27-16(14-31-26(27)30)13-15-7-2-1-3-8-15/h1-10,12,16,19-20,28H,11,13-14H2/t16-,19+,20-/m1/s1. The molecule has 32 heavy (non-hydrogen) atoms. The first-order valence-electron chi connectivity index (χ1n) is 10.8. The van der Waals surface area contributed by atoms with Gasteiger partial charge in [0.25, 0.3) is 5.91 Å². The average molecular weight is 427 g/mol. The summed E-state index contributed by atoms with van der Waals surface area (Å²) in [6.45, 7) is 0.125. The second kappa shape index (κ2) is 7.12. The highest BCUT2D eigenvalue weighted by Gasteiger charge is 2.45. The molecule has 1 saturated heterocycles. The van der Waals surface area contributed by atoms with Crippen molar-refractivity contribution in [2.24, 2.45) is 0 Å². The van der Waals surface area contributed by atoms with Crippen LogP contribution in [0.1, 0.15) is 33.8 Å². The van der Waals surface area contributed by atoms with Gasteiger partial charge in [-0.1, -0.05) is 60.7 Å². The summed E-state index contributed by atoms with van der Waals surface area (Å²) in [6.07, 6.45) is 4.37. The second-order valence-electron chi connectivity index (χ2n) is 8.46. The van der Waals surface area contributed by atoms with Crippen molar-refractivity contribution in [3.05, 3.63) is 83.4 Å². The van der Waals surface area contributed by atoms with Crippen molar-refractivity contribution >= 4 is 22.8 Å². The number of hydrogen-bond acceptors (Lipinski definition) is 5. The smallest absolute Gasteiger partial charge is 0.417 e. The maximum atomic E-state index is 13.9. The van der Waals surface area contributed by atoms with Crippen molar-refractivity contribution in [1.82, 2.24) is 4.90 Å². The van der Waals surface area contributed by atoms with E-state index in [-0.39, 0.29) is 29.9 Å². The molecule has 6 nitrogen and oxygen atoms in total. The van der Waals surface area contributed by atoms with Gasteiger partial charge in [-0.25, -0.2) is 9.69 Å². The lowest BCUT2D eigenvalue weighted by atomic mass is 9.88. The van der Waals surface area contributed by atoms with E-state index in [1.165, 1.54) is 0 Å². The Kier molecular flexibility index (Phi) is 4.21. The number of amides is 2. The number of carbonyl (C=O) groups is 2. The number of carbonyl (C=O) groups excluding carboxylic acids is 2. The molecule has 3 aliphatic rings. The first-order chi connectivity index (χ1) is 15.6. The highest BCUT2D eigenvalue weighted by Crippen LogP contribution is 2.52. The van der Waals surface area contributed by atoms with E-state index < -0.39 is 18.0 Å². The van der Waals surface area contributed by atoms with Gasteiger partial charge in [0.05, 0.1) is 11.6 Å². The number of allylic oxidation sites excluding steroid dienone is 1. The fourth-order valence-electron chi connectivity index (χ4n) is 5.14.